The van der Waals surface area contributed by atoms with Gasteiger partial charge in [-0.15, -0.1) is 0 Å². The Bertz CT molecular complexity index is 932. The third kappa shape index (κ3) is 5.03. The van der Waals surface area contributed by atoms with Gasteiger partial charge in [-0.05, 0) is 55.3 Å². The highest BCUT2D eigenvalue weighted by atomic mass is 16.5. The Balaban J connectivity index is 1.72. The van der Waals surface area contributed by atoms with Gasteiger partial charge in [0.15, 0.2) is 0 Å². The Morgan fingerprint density at radius 2 is 1.81 bits per heavy atom. The van der Waals surface area contributed by atoms with Gasteiger partial charge in [-0.3, -0.25) is 0 Å². The van der Waals surface area contributed by atoms with Crippen LogP contribution in [0, 0.1) is 18.3 Å². The predicted molar refractivity (Wildman–Crippen MR) is 103 cm³/mol. The maximum absolute atomic E-state index is 8.87. The number of ether oxygens (including phenoxy) is 2. The molecule has 0 fully saturated rings. The van der Waals surface area contributed by atoms with Crippen molar-refractivity contribution in [3.05, 3.63) is 71.4 Å². The molecule has 0 aliphatic heterocycles. The van der Waals surface area contributed by atoms with Crippen LogP contribution in [0.2, 0.25) is 0 Å². The summed E-state index contributed by atoms with van der Waals surface area (Å²) in [5, 5.41) is 12.0. The van der Waals surface area contributed by atoms with Crippen molar-refractivity contribution in [1.82, 2.24) is 9.97 Å². The number of aromatic nitrogens is 2. The van der Waals surface area contributed by atoms with Gasteiger partial charge in [0.25, 0.3) is 0 Å². The van der Waals surface area contributed by atoms with E-state index in [2.05, 4.69) is 21.4 Å². The van der Waals surface area contributed by atoms with Crippen LogP contribution in [0.4, 0.5) is 11.6 Å². The van der Waals surface area contributed by atoms with Crippen LogP contribution < -0.4 is 10.1 Å². The number of rotatable bonds is 7. The van der Waals surface area contributed by atoms with Crippen LogP contribution in [-0.2, 0) is 11.2 Å². The van der Waals surface area contributed by atoms with E-state index in [1.54, 1.807) is 37.6 Å². The van der Waals surface area contributed by atoms with Gasteiger partial charge in [0, 0.05) is 24.6 Å². The molecule has 1 N–H and O–H groups in total. The SMILES string of the molecule is COCCc1ccc(Oc2nc(Nc3ccc(C#N)cc3)ncc2C)cc1. The van der Waals surface area contributed by atoms with E-state index in [4.69, 9.17) is 14.7 Å². The van der Waals surface area contributed by atoms with Gasteiger partial charge in [0.1, 0.15) is 5.75 Å². The molecule has 0 aliphatic carbocycles. The molecule has 6 heteroatoms. The number of benzene rings is 2. The van der Waals surface area contributed by atoms with Crippen LogP contribution in [0.25, 0.3) is 0 Å². The van der Waals surface area contributed by atoms with Gasteiger partial charge in [0.05, 0.1) is 18.2 Å². The van der Waals surface area contributed by atoms with Crippen molar-refractivity contribution >= 4 is 11.6 Å². The van der Waals surface area contributed by atoms with E-state index >= 15 is 0 Å². The van der Waals surface area contributed by atoms with Crippen molar-refractivity contribution in [2.24, 2.45) is 0 Å². The topological polar surface area (TPSA) is 80.1 Å². The molecule has 2 aromatic carbocycles. The van der Waals surface area contributed by atoms with Gasteiger partial charge in [-0.1, -0.05) is 12.1 Å². The summed E-state index contributed by atoms with van der Waals surface area (Å²) in [6.07, 6.45) is 2.57. The summed E-state index contributed by atoms with van der Waals surface area (Å²) in [5.74, 6) is 1.63. The molecule has 1 heterocycles. The summed E-state index contributed by atoms with van der Waals surface area (Å²) in [5.41, 5.74) is 3.42. The number of aryl methyl sites for hydroxylation is 1. The molecule has 0 saturated heterocycles. The molecule has 0 radical (unpaired) electrons. The molecule has 27 heavy (non-hydrogen) atoms. The van der Waals surface area contributed by atoms with Gasteiger partial charge in [-0.2, -0.15) is 10.2 Å². The largest absolute Gasteiger partial charge is 0.439 e. The molecular weight excluding hydrogens is 340 g/mol. The fourth-order valence-electron chi connectivity index (χ4n) is 2.40. The average Bonchev–Trinajstić information content (AvgIpc) is 2.70. The maximum Gasteiger partial charge on any atom is 0.230 e. The van der Waals surface area contributed by atoms with Crippen molar-refractivity contribution in [3.63, 3.8) is 0 Å². The van der Waals surface area contributed by atoms with Crippen LogP contribution >= 0.6 is 0 Å². The molecule has 1 aromatic heterocycles. The van der Waals surface area contributed by atoms with E-state index in [0.29, 0.717) is 29.7 Å². The molecule has 0 amide bonds. The first-order valence-electron chi connectivity index (χ1n) is 8.54. The fourth-order valence-corrected chi connectivity index (χ4v) is 2.40. The zero-order valence-electron chi connectivity index (χ0n) is 15.3. The minimum absolute atomic E-state index is 0.428. The second-order valence-corrected chi connectivity index (χ2v) is 5.98. The standard InChI is InChI=1S/C21H20N4O2/c1-15-14-23-21(24-18-7-3-17(13-22)4-8-18)25-20(15)27-19-9-5-16(6-10-19)11-12-26-2/h3-10,14H,11-12H2,1-2H3,(H,23,24,25). The highest BCUT2D eigenvalue weighted by Crippen LogP contribution is 2.25. The summed E-state index contributed by atoms with van der Waals surface area (Å²) in [7, 11) is 1.69. The molecule has 3 rings (SSSR count). The Morgan fingerprint density at radius 1 is 1.07 bits per heavy atom. The molecule has 0 saturated carbocycles. The van der Waals surface area contributed by atoms with Crippen molar-refractivity contribution < 1.29 is 9.47 Å². The monoisotopic (exact) mass is 360 g/mol. The number of nitrogens with one attached hydrogen (secondary N) is 1. The molecule has 0 unspecified atom stereocenters. The average molecular weight is 360 g/mol. The lowest BCUT2D eigenvalue weighted by atomic mass is 10.1. The Morgan fingerprint density at radius 3 is 2.48 bits per heavy atom. The van der Waals surface area contributed by atoms with Crippen LogP contribution in [-0.4, -0.2) is 23.7 Å². The van der Waals surface area contributed by atoms with E-state index in [-0.39, 0.29) is 0 Å². The number of methoxy groups -OCH3 is 1. The summed E-state index contributed by atoms with van der Waals surface area (Å²) >= 11 is 0. The van der Waals surface area contributed by atoms with E-state index in [1.807, 2.05) is 31.2 Å². The predicted octanol–water partition coefficient (Wildman–Crippen LogP) is 4.38. The minimum atomic E-state index is 0.428. The van der Waals surface area contributed by atoms with Gasteiger partial charge >= 0.3 is 0 Å². The lowest BCUT2D eigenvalue weighted by Gasteiger charge is -2.10. The highest BCUT2D eigenvalue weighted by Gasteiger charge is 2.07. The first-order valence-corrected chi connectivity index (χ1v) is 8.54. The number of nitriles is 1. The van der Waals surface area contributed by atoms with E-state index < -0.39 is 0 Å². The number of hydrogen-bond donors (Lipinski definition) is 1. The van der Waals surface area contributed by atoms with E-state index in [1.165, 1.54) is 5.56 Å². The van der Waals surface area contributed by atoms with Crippen molar-refractivity contribution in [3.8, 4) is 17.7 Å². The van der Waals surface area contributed by atoms with Gasteiger partial charge in [-0.25, -0.2) is 4.98 Å². The summed E-state index contributed by atoms with van der Waals surface area (Å²) in [4.78, 5) is 8.73. The quantitative estimate of drug-likeness (QED) is 0.673. The smallest absolute Gasteiger partial charge is 0.230 e. The van der Waals surface area contributed by atoms with Crippen LogP contribution in [0.15, 0.2) is 54.7 Å². The first kappa shape index (κ1) is 18.4. The summed E-state index contributed by atoms with van der Waals surface area (Å²) in [6, 6.07) is 17.0. The normalized spacial score (nSPS) is 10.3. The first-order chi connectivity index (χ1) is 13.2. The third-order valence-corrected chi connectivity index (χ3v) is 3.93. The molecule has 0 spiro atoms. The molecule has 0 atom stereocenters. The lowest BCUT2D eigenvalue weighted by molar-refractivity contribution is 0.202. The molecule has 6 nitrogen and oxygen atoms in total. The van der Waals surface area contributed by atoms with E-state index in [0.717, 1.165) is 17.7 Å². The Kier molecular flexibility index (Phi) is 5.98. The molecule has 0 aliphatic rings. The second kappa shape index (κ2) is 8.79. The lowest BCUT2D eigenvalue weighted by Crippen LogP contribution is -2.00. The van der Waals surface area contributed by atoms with Crippen LogP contribution in [0.5, 0.6) is 11.6 Å². The summed E-state index contributed by atoms with van der Waals surface area (Å²) < 4.78 is 11.0. The third-order valence-electron chi connectivity index (χ3n) is 3.93. The highest BCUT2D eigenvalue weighted by molar-refractivity contribution is 5.55. The zero-order chi connectivity index (χ0) is 19.1. The van der Waals surface area contributed by atoms with Gasteiger partial charge in [0.2, 0.25) is 11.8 Å². The maximum atomic E-state index is 8.87. The van der Waals surface area contributed by atoms with Crippen LogP contribution in [0.3, 0.4) is 0 Å². The van der Waals surface area contributed by atoms with E-state index in [9.17, 15) is 0 Å². The fraction of sp³-hybridized carbons (Fsp3) is 0.190. The van der Waals surface area contributed by atoms with Crippen molar-refractivity contribution in [2.45, 2.75) is 13.3 Å². The Labute approximate surface area is 158 Å². The number of anilines is 2. The minimum Gasteiger partial charge on any atom is -0.439 e. The Hall–Kier alpha value is -3.43. The summed E-state index contributed by atoms with van der Waals surface area (Å²) in [6.45, 7) is 2.59. The molecule has 136 valence electrons. The molecule has 0 bridgehead atoms. The molecular formula is C21H20N4O2. The van der Waals surface area contributed by atoms with Crippen LogP contribution in [0.1, 0.15) is 16.7 Å². The van der Waals surface area contributed by atoms with Gasteiger partial charge < -0.3 is 14.8 Å². The second-order valence-electron chi connectivity index (χ2n) is 5.98. The van der Waals surface area contributed by atoms with Crippen molar-refractivity contribution in [1.29, 1.82) is 5.26 Å². The molecule has 3 aromatic rings. The number of hydrogen-bond acceptors (Lipinski definition) is 6. The van der Waals surface area contributed by atoms with Crippen molar-refractivity contribution in [2.75, 3.05) is 19.0 Å². The zero-order valence-corrected chi connectivity index (χ0v) is 15.3. The number of nitrogens with zero attached hydrogens (tertiary/aromatic N) is 3.